The molecule has 3 atom stereocenters. The zero-order chi connectivity index (χ0) is 17.3. The van der Waals surface area contributed by atoms with E-state index >= 15 is 0 Å². The standard InChI is InChI=1S/C15H22F3N3O3/c16-15(17,18)9-20-6-2-3-10(13(20)22)19-14(23)21-7-8-24-12-5-1-4-11(12)21/h10-12H,1-9H2,(H,19,23)/t10-,11-,12+/m1/s1. The van der Waals surface area contributed by atoms with Gasteiger partial charge in [-0.25, -0.2) is 4.79 Å². The average molecular weight is 349 g/mol. The van der Waals surface area contributed by atoms with Crippen LogP contribution in [0.25, 0.3) is 0 Å². The van der Waals surface area contributed by atoms with Crippen LogP contribution in [0, 0.1) is 0 Å². The maximum absolute atomic E-state index is 12.5. The predicted octanol–water partition coefficient (Wildman–Crippen LogP) is 1.50. The summed E-state index contributed by atoms with van der Waals surface area (Å²) < 4.78 is 43.3. The number of alkyl halides is 3. The largest absolute Gasteiger partial charge is 0.406 e. The molecule has 0 aromatic carbocycles. The summed E-state index contributed by atoms with van der Waals surface area (Å²) >= 11 is 0. The van der Waals surface area contributed by atoms with Crippen LogP contribution in [0.4, 0.5) is 18.0 Å². The Morgan fingerprint density at radius 1 is 1.21 bits per heavy atom. The molecule has 2 saturated heterocycles. The molecule has 0 radical (unpaired) electrons. The average Bonchev–Trinajstić information content (AvgIpc) is 2.98. The molecule has 1 saturated carbocycles. The van der Waals surface area contributed by atoms with Crippen LogP contribution in [0.15, 0.2) is 0 Å². The summed E-state index contributed by atoms with van der Waals surface area (Å²) in [4.78, 5) is 27.2. The summed E-state index contributed by atoms with van der Waals surface area (Å²) in [5, 5.41) is 2.64. The highest BCUT2D eigenvalue weighted by Gasteiger charge is 2.41. The van der Waals surface area contributed by atoms with Crippen molar-refractivity contribution in [3.8, 4) is 0 Å². The number of rotatable bonds is 2. The smallest absolute Gasteiger partial charge is 0.374 e. The van der Waals surface area contributed by atoms with Crippen molar-refractivity contribution in [2.75, 3.05) is 26.2 Å². The zero-order valence-corrected chi connectivity index (χ0v) is 13.3. The summed E-state index contributed by atoms with van der Waals surface area (Å²) in [6.07, 6.45) is -0.816. The second-order valence-electron chi connectivity index (χ2n) is 6.62. The van der Waals surface area contributed by atoms with E-state index < -0.39 is 24.7 Å². The predicted molar refractivity (Wildman–Crippen MR) is 78.3 cm³/mol. The van der Waals surface area contributed by atoms with E-state index in [1.165, 1.54) is 0 Å². The molecule has 136 valence electrons. The molecule has 1 N–H and O–H groups in total. The van der Waals surface area contributed by atoms with Gasteiger partial charge in [-0.2, -0.15) is 13.2 Å². The molecule has 3 aliphatic rings. The van der Waals surface area contributed by atoms with Crippen molar-refractivity contribution in [1.29, 1.82) is 0 Å². The van der Waals surface area contributed by atoms with E-state index in [1.54, 1.807) is 4.90 Å². The van der Waals surface area contributed by atoms with Crippen molar-refractivity contribution < 1.29 is 27.5 Å². The fraction of sp³-hybridized carbons (Fsp3) is 0.867. The van der Waals surface area contributed by atoms with Gasteiger partial charge in [0.2, 0.25) is 5.91 Å². The minimum absolute atomic E-state index is 0.00345. The van der Waals surface area contributed by atoms with E-state index in [9.17, 15) is 22.8 Å². The Labute approximate surface area is 138 Å². The van der Waals surface area contributed by atoms with E-state index in [-0.39, 0.29) is 24.7 Å². The first-order chi connectivity index (χ1) is 11.3. The Hall–Kier alpha value is -1.51. The van der Waals surface area contributed by atoms with E-state index in [0.29, 0.717) is 26.0 Å². The fourth-order valence-electron chi connectivity index (χ4n) is 3.86. The summed E-state index contributed by atoms with van der Waals surface area (Å²) in [6.45, 7) is -0.291. The number of ether oxygens (including phenoxy) is 1. The van der Waals surface area contributed by atoms with Gasteiger partial charge >= 0.3 is 12.2 Å². The molecule has 6 nitrogen and oxygen atoms in total. The van der Waals surface area contributed by atoms with Crippen LogP contribution < -0.4 is 5.32 Å². The summed E-state index contributed by atoms with van der Waals surface area (Å²) in [7, 11) is 0. The first-order valence-electron chi connectivity index (χ1n) is 8.39. The molecule has 1 aliphatic carbocycles. The van der Waals surface area contributed by atoms with Crippen LogP contribution in [0.2, 0.25) is 0 Å². The Kier molecular flexibility index (Phi) is 4.89. The molecule has 0 bridgehead atoms. The van der Waals surface area contributed by atoms with Crippen molar-refractivity contribution in [1.82, 2.24) is 15.1 Å². The number of fused-ring (bicyclic) bond motifs is 1. The van der Waals surface area contributed by atoms with Gasteiger partial charge in [0.05, 0.1) is 18.8 Å². The number of piperidine rings is 1. The lowest BCUT2D eigenvalue weighted by Gasteiger charge is -2.39. The SMILES string of the molecule is O=C1[C@H](NC(=O)N2CCO[C@H]3CCC[C@H]32)CCCN1CC(F)(F)F. The molecule has 0 aromatic heterocycles. The van der Waals surface area contributed by atoms with Gasteiger partial charge in [0, 0.05) is 13.1 Å². The molecule has 2 heterocycles. The van der Waals surface area contributed by atoms with Gasteiger partial charge in [-0.15, -0.1) is 0 Å². The summed E-state index contributed by atoms with van der Waals surface area (Å²) in [5.74, 6) is -0.650. The van der Waals surface area contributed by atoms with Gasteiger partial charge in [-0.05, 0) is 32.1 Å². The molecule has 3 amide bonds. The molecule has 3 fully saturated rings. The Bertz CT molecular complexity index is 500. The third-order valence-corrected chi connectivity index (χ3v) is 4.94. The highest BCUT2D eigenvalue weighted by atomic mass is 19.4. The van der Waals surface area contributed by atoms with Gasteiger partial charge in [0.15, 0.2) is 0 Å². The van der Waals surface area contributed by atoms with Crippen molar-refractivity contribution >= 4 is 11.9 Å². The maximum Gasteiger partial charge on any atom is 0.406 e. The fourth-order valence-corrected chi connectivity index (χ4v) is 3.86. The quantitative estimate of drug-likeness (QED) is 0.822. The van der Waals surface area contributed by atoms with E-state index in [4.69, 9.17) is 4.74 Å². The van der Waals surface area contributed by atoms with Crippen molar-refractivity contribution in [3.63, 3.8) is 0 Å². The molecule has 2 aliphatic heterocycles. The van der Waals surface area contributed by atoms with Gasteiger partial charge in [0.1, 0.15) is 12.6 Å². The number of hydrogen-bond acceptors (Lipinski definition) is 3. The molecule has 0 aromatic rings. The molecule has 3 rings (SSSR count). The van der Waals surface area contributed by atoms with E-state index in [0.717, 1.165) is 24.2 Å². The second-order valence-corrected chi connectivity index (χ2v) is 6.62. The Balaban J connectivity index is 1.60. The lowest BCUT2D eigenvalue weighted by molar-refractivity contribution is -0.164. The number of carbonyl (C=O) groups excluding carboxylic acids is 2. The number of nitrogens with zero attached hydrogens (tertiary/aromatic N) is 2. The number of halogens is 3. The van der Waals surface area contributed by atoms with Crippen molar-refractivity contribution in [3.05, 3.63) is 0 Å². The van der Waals surface area contributed by atoms with Crippen LogP contribution in [-0.4, -0.2) is 72.3 Å². The van der Waals surface area contributed by atoms with Gasteiger partial charge in [-0.1, -0.05) is 0 Å². The minimum atomic E-state index is -4.43. The lowest BCUT2D eigenvalue weighted by Crippen LogP contribution is -2.60. The molecule has 9 heteroatoms. The van der Waals surface area contributed by atoms with E-state index in [1.807, 2.05) is 0 Å². The Morgan fingerprint density at radius 2 is 2.00 bits per heavy atom. The van der Waals surface area contributed by atoms with Crippen LogP contribution in [0.3, 0.4) is 0 Å². The van der Waals surface area contributed by atoms with E-state index in [2.05, 4.69) is 5.32 Å². The molecule has 0 spiro atoms. The number of carbonyl (C=O) groups is 2. The third-order valence-electron chi connectivity index (χ3n) is 4.94. The molecule has 0 unspecified atom stereocenters. The first-order valence-corrected chi connectivity index (χ1v) is 8.39. The highest BCUT2D eigenvalue weighted by Crippen LogP contribution is 2.30. The highest BCUT2D eigenvalue weighted by molar-refractivity contribution is 5.87. The number of morpholine rings is 1. The second kappa shape index (κ2) is 6.78. The normalized spacial score (nSPS) is 31.1. The molecular formula is C15H22F3N3O3. The van der Waals surface area contributed by atoms with Gasteiger partial charge in [-0.3, -0.25) is 4.79 Å². The number of likely N-dealkylation sites (tertiary alicyclic amines) is 1. The summed E-state index contributed by atoms with van der Waals surface area (Å²) in [6, 6.07) is -1.25. The van der Waals surface area contributed by atoms with Gasteiger partial charge < -0.3 is 19.9 Å². The topological polar surface area (TPSA) is 61.9 Å². The first kappa shape index (κ1) is 17.3. The monoisotopic (exact) mass is 349 g/mol. The molecular weight excluding hydrogens is 327 g/mol. The molecule has 24 heavy (non-hydrogen) atoms. The third kappa shape index (κ3) is 3.76. The summed E-state index contributed by atoms with van der Waals surface area (Å²) in [5.41, 5.74) is 0. The maximum atomic E-state index is 12.5. The number of amides is 3. The zero-order valence-electron chi connectivity index (χ0n) is 13.3. The van der Waals surface area contributed by atoms with Crippen LogP contribution in [0.1, 0.15) is 32.1 Å². The van der Waals surface area contributed by atoms with Crippen molar-refractivity contribution in [2.24, 2.45) is 0 Å². The van der Waals surface area contributed by atoms with Crippen molar-refractivity contribution in [2.45, 2.75) is 56.5 Å². The van der Waals surface area contributed by atoms with Crippen LogP contribution in [-0.2, 0) is 9.53 Å². The number of nitrogens with one attached hydrogen (secondary N) is 1. The minimum Gasteiger partial charge on any atom is -0.374 e. The van der Waals surface area contributed by atoms with Crippen LogP contribution >= 0.6 is 0 Å². The lowest BCUT2D eigenvalue weighted by atomic mass is 10.0. The number of hydrogen-bond donors (Lipinski definition) is 1. The number of urea groups is 1. The van der Waals surface area contributed by atoms with Gasteiger partial charge in [0.25, 0.3) is 0 Å². The Morgan fingerprint density at radius 3 is 2.75 bits per heavy atom. The van der Waals surface area contributed by atoms with Crippen LogP contribution in [0.5, 0.6) is 0 Å².